The standard InChI is InChI=1S/C29H30O13/c1-13(30)39-18(26(36)41-17(25(34)35)9-20(31)32)10-21(33)40-16-5-8-29(37)19-6-7-27(19)11-14-3-4-15(38-2)23-22(14)28(29,12-27)24(16)42-23/h3-5,17-19,24,37H,6-12H2,1-2H3,(H,31,32)(H,34,35)/t17-,18+,19-,24+,27?,28+,29-/m1/s1. The van der Waals surface area contributed by atoms with Crippen LogP contribution in [-0.2, 0) is 50.0 Å². The molecule has 5 aliphatic rings. The number of carbonyl (C=O) groups is 5. The van der Waals surface area contributed by atoms with Gasteiger partial charge in [0.1, 0.15) is 5.76 Å². The summed E-state index contributed by atoms with van der Waals surface area (Å²) in [6.45, 7) is 0.975. The summed E-state index contributed by atoms with van der Waals surface area (Å²) in [6, 6.07) is 3.83. The number of esters is 3. The fourth-order valence-corrected chi connectivity index (χ4v) is 8.15. The van der Waals surface area contributed by atoms with Gasteiger partial charge in [0.2, 0.25) is 12.2 Å². The van der Waals surface area contributed by atoms with Crippen molar-refractivity contribution in [1.82, 2.24) is 0 Å². The number of carboxylic acids is 2. The molecule has 0 amide bonds. The number of hydrogen-bond donors (Lipinski definition) is 3. The third-order valence-electron chi connectivity index (χ3n) is 9.67. The lowest BCUT2D eigenvalue weighted by Crippen LogP contribution is -2.59. The van der Waals surface area contributed by atoms with Crippen LogP contribution in [0.2, 0.25) is 0 Å². The van der Waals surface area contributed by atoms with Crippen LogP contribution in [0, 0.1) is 11.3 Å². The molecule has 6 rings (SSSR count). The van der Waals surface area contributed by atoms with Gasteiger partial charge in [-0.3, -0.25) is 14.4 Å². The Hall–Kier alpha value is -4.13. The van der Waals surface area contributed by atoms with E-state index in [1.807, 2.05) is 12.1 Å². The van der Waals surface area contributed by atoms with Crippen molar-refractivity contribution in [1.29, 1.82) is 0 Å². The molecule has 2 saturated carbocycles. The van der Waals surface area contributed by atoms with E-state index in [9.17, 15) is 34.2 Å². The number of hydrogen-bond acceptors (Lipinski definition) is 11. The number of carboxylic acid groups (broad SMARTS) is 2. The molecule has 42 heavy (non-hydrogen) atoms. The number of fused-ring (bicyclic) bond motifs is 1. The van der Waals surface area contributed by atoms with Crippen LogP contribution in [0.5, 0.6) is 11.5 Å². The summed E-state index contributed by atoms with van der Waals surface area (Å²) in [5, 5.41) is 30.4. The molecule has 7 atom stereocenters. The molecule has 13 nitrogen and oxygen atoms in total. The maximum atomic E-state index is 13.2. The van der Waals surface area contributed by atoms with Crippen molar-refractivity contribution < 1.29 is 63.0 Å². The van der Waals surface area contributed by atoms with Gasteiger partial charge < -0.3 is 39.0 Å². The Morgan fingerprint density at radius 3 is 2.48 bits per heavy atom. The molecule has 2 bridgehead atoms. The number of aliphatic carboxylic acids is 2. The van der Waals surface area contributed by atoms with E-state index in [1.165, 1.54) is 7.11 Å². The maximum absolute atomic E-state index is 13.2. The van der Waals surface area contributed by atoms with Crippen molar-refractivity contribution in [3.8, 4) is 11.5 Å². The average molecular weight is 587 g/mol. The summed E-state index contributed by atoms with van der Waals surface area (Å²) in [5.74, 6) is -5.47. The van der Waals surface area contributed by atoms with Gasteiger partial charge in [-0.25, -0.2) is 9.59 Å². The van der Waals surface area contributed by atoms with Crippen LogP contribution in [0.1, 0.15) is 56.6 Å². The zero-order chi connectivity index (χ0) is 30.2. The van der Waals surface area contributed by atoms with Crippen molar-refractivity contribution in [3.05, 3.63) is 35.1 Å². The number of carbonyl (C=O) groups excluding carboxylic acids is 3. The Morgan fingerprint density at radius 1 is 1.10 bits per heavy atom. The molecule has 1 aromatic rings. The highest BCUT2D eigenvalue weighted by Gasteiger charge is 2.80. The highest BCUT2D eigenvalue weighted by molar-refractivity contribution is 5.87. The summed E-state index contributed by atoms with van der Waals surface area (Å²) >= 11 is 0. The van der Waals surface area contributed by atoms with Crippen LogP contribution in [0.25, 0.3) is 0 Å². The van der Waals surface area contributed by atoms with Gasteiger partial charge in [-0.15, -0.1) is 0 Å². The SMILES string of the molecule is COc1ccc2c3c1O[C@H]1C(OC(=O)C[C@H](OC(C)=O)C(=O)O[C@H](CC(=O)O)C(=O)O)=CC[C@@]4(O)[C@@H]5CCC5(C2)C[C@]314. The van der Waals surface area contributed by atoms with Crippen LogP contribution in [0.15, 0.2) is 24.0 Å². The Balaban J connectivity index is 1.26. The van der Waals surface area contributed by atoms with Crippen LogP contribution < -0.4 is 9.47 Å². The van der Waals surface area contributed by atoms with Crippen LogP contribution in [0.4, 0.5) is 0 Å². The lowest BCUT2D eigenvalue weighted by Gasteiger charge is -2.50. The second kappa shape index (κ2) is 9.45. The van der Waals surface area contributed by atoms with Crippen molar-refractivity contribution in [2.75, 3.05) is 7.11 Å². The molecule has 2 spiro atoms. The largest absolute Gasteiger partial charge is 0.493 e. The van der Waals surface area contributed by atoms with Crippen LogP contribution in [0.3, 0.4) is 0 Å². The number of ether oxygens (including phenoxy) is 5. The third kappa shape index (κ3) is 3.82. The highest BCUT2D eigenvalue weighted by atomic mass is 16.6. The van der Waals surface area contributed by atoms with E-state index in [4.69, 9.17) is 28.8 Å². The van der Waals surface area contributed by atoms with Gasteiger partial charge in [-0.2, -0.15) is 0 Å². The molecule has 3 N–H and O–H groups in total. The molecule has 1 aromatic carbocycles. The zero-order valence-electron chi connectivity index (χ0n) is 22.9. The minimum Gasteiger partial charge on any atom is -0.493 e. The van der Waals surface area contributed by atoms with Gasteiger partial charge in [0.25, 0.3) is 0 Å². The molecule has 1 heterocycles. The topological polar surface area (TPSA) is 192 Å². The summed E-state index contributed by atoms with van der Waals surface area (Å²) in [7, 11) is 1.52. The van der Waals surface area contributed by atoms with Crippen LogP contribution in [-0.4, -0.2) is 76.2 Å². The fourth-order valence-electron chi connectivity index (χ4n) is 8.15. The lowest BCUT2D eigenvalue weighted by molar-refractivity contribution is -0.180. The molecule has 224 valence electrons. The monoisotopic (exact) mass is 586 g/mol. The van der Waals surface area contributed by atoms with Crippen molar-refractivity contribution in [3.63, 3.8) is 0 Å². The van der Waals surface area contributed by atoms with Gasteiger partial charge >= 0.3 is 29.8 Å². The Morgan fingerprint density at radius 2 is 1.86 bits per heavy atom. The third-order valence-corrected chi connectivity index (χ3v) is 9.67. The van der Waals surface area contributed by atoms with E-state index < -0.39 is 72.0 Å². The van der Waals surface area contributed by atoms with Crippen molar-refractivity contribution in [2.45, 2.75) is 81.2 Å². The molecular formula is C29H30O13. The summed E-state index contributed by atoms with van der Waals surface area (Å²) in [6.07, 6.45) is -1.56. The lowest BCUT2D eigenvalue weighted by atomic mass is 9.56. The van der Waals surface area contributed by atoms with Gasteiger partial charge in [0.15, 0.2) is 17.6 Å². The first-order valence-corrected chi connectivity index (χ1v) is 13.7. The first-order chi connectivity index (χ1) is 19.8. The Kier molecular flexibility index (Phi) is 6.30. The molecule has 13 heteroatoms. The molecule has 0 aromatic heterocycles. The average Bonchev–Trinajstić information content (AvgIpc) is 3.31. The molecule has 1 unspecified atom stereocenters. The van der Waals surface area contributed by atoms with Crippen LogP contribution >= 0.6 is 0 Å². The highest BCUT2D eigenvalue weighted by Crippen LogP contribution is 2.78. The van der Waals surface area contributed by atoms with Crippen molar-refractivity contribution >= 4 is 29.8 Å². The smallest absolute Gasteiger partial charge is 0.348 e. The van der Waals surface area contributed by atoms with Gasteiger partial charge in [0.05, 0.1) is 31.0 Å². The minimum atomic E-state index is -2.06. The normalized spacial score (nSPS) is 32.0. The molecule has 2 fully saturated rings. The van der Waals surface area contributed by atoms with E-state index in [0.29, 0.717) is 17.9 Å². The second-order valence-corrected chi connectivity index (χ2v) is 11.8. The second-order valence-electron chi connectivity index (χ2n) is 11.8. The van der Waals surface area contributed by atoms with E-state index in [0.717, 1.165) is 37.3 Å². The number of methoxy groups -OCH3 is 1. The molecule has 0 radical (unpaired) electrons. The predicted molar refractivity (Wildman–Crippen MR) is 136 cm³/mol. The Labute approximate surface area is 239 Å². The molecule has 4 aliphatic carbocycles. The number of benzene rings is 1. The first-order valence-electron chi connectivity index (χ1n) is 13.7. The molecule has 1 aliphatic heterocycles. The quantitative estimate of drug-likeness (QED) is 0.263. The predicted octanol–water partition coefficient (Wildman–Crippen LogP) is 1.41. The number of rotatable bonds is 10. The van der Waals surface area contributed by atoms with Gasteiger partial charge in [0, 0.05) is 12.5 Å². The van der Waals surface area contributed by atoms with Gasteiger partial charge in [-0.1, -0.05) is 6.07 Å². The maximum Gasteiger partial charge on any atom is 0.348 e. The number of aliphatic hydroxyl groups is 1. The van der Waals surface area contributed by atoms with E-state index >= 15 is 0 Å². The Bertz CT molecular complexity index is 1450. The van der Waals surface area contributed by atoms with E-state index in [2.05, 4.69) is 0 Å². The summed E-state index contributed by atoms with van der Waals surface area (Å²) in [5.41, 5.74) is -0.159. The zero-order valence-corrected chi connectivity index (χ0v) is 22.9. The molecule has 0 saturated heterocycles. The first kappa shape index (κ1) is 28.0. The summed E-state index contributed by atoms with van der Waals surface area (Å²) < 4.78 is 27.4. The van der Waals surface area contributed by atoms with Gasteiger partial charge in [-0.05, 0) is 61.1 Å². The fraction of sp³-hybridized carbons (Fsp3) is 0.552. The molecular weight excluding hydrogens is 556 g/mol. The van der Waals surface area contributed by atoms with E-state index in [-0.39, 0.29) is 23.5 Å². The summed E-state index contributed by atoms with van der Waals surface area (Å²) in [4.78, 5) is 59.8. The van der Waals surface area contributed by atoms with Crippen molar-refractivity contribution in [2.24, 2.45) is 11.3 Å². The van der Waals surface area contributed by atoms with E-state index in [1.54, 1.807) is 6.08 Å². The minimum absolute atomic E-state index is 0.0463.